The van der Waals surface area contributed by atoms with Gasteiger partial charge in [0.25, 0.3) is 0 Å². The maximum atomic E-state index is 5.33. The van der Waals surface area contributed by atoms with Gasteiger partial charge in [0.05, 0.1) is 33.6 Å². The first-order valence-corrected chi connectivity index (χ1v) is 21.5. The fourth-order valence-electron chi connectivity index (χ4n) is 9.14. The molecule has 3 heterocycles. The van der Waals surface area contributed by atoms with Crippen LogP contribution in [0.1, 0.15) is 12.7 Å². The number of pyridine rings is 1. The largest absolute Gasteiger partial charge is 0.296 e. The Labute approximate surface area is 364 Å². The molecule has 0 aliphatic rings. The fraction of sp³-hybridized carbons (Fsp3) is 0.0345. The normalized spacial score (nSPS) is 11.6. The van der Waals surface area contributed by atoms with Crippen molar-refractivity contribution in [1.82, 2.24) is 24.5 Å². The van der Waals surface area contributed by atoms with Gasteiger partial charge in [0.15, 0.2) is 5.82 Å². The summed E-state index contributed by atoms with van der Waals surface area (Å²) < 4.78 is 2.29. The number of aryl methyl sites for hydroxylation is 1. The number of rotatable bonds is 7. The van der Waals surface area contributed by atoms with Crippen LogP contribution < -0.4 is 0 Å². The number of fused-ring (bicyclic) bond motifs is 7. The van der Waals surface area contributed by atoms with Gasteiger partial charge in [0, 0.05) is 45.1 Å². The summed E-state index contributed by atoms with van der Waals surface area (Å²) in [6, 6.07) is 72.9. The molecule has 9 aromatic carbocycles. The molecule has 0 bridgehead atoms. The van der Waals surface area contributed by atoms with Crippen molar-refractivity contribution < 1.29 is 0 Å². The molecule has 0 spiro atoms. The first-order chi connectivity index (χ1) is 31.1. The summed E-state index contributed by atoms with van der Waals surface area (Å²) in [7, 11) is 0. The van der Waals surface area contributed by atoms with Gasteiger partial charge in [-0.15, -0.1) is 0 Å². The van der Waals surface area contributed by atoms with E-state index in [1.165, 1.54) is 21.5 Å². The van der Waals surface area contributed by atoms with Crippen LogP contribution in [0, 0.1) is 0 Å². The molecule has 0 unspecified atom stereocenters. The minimum absolute atomic E-state index is 0.687. The minimum atomic E-state index is 0.687. The Kier molecular flexibility index (Phi) is 8.71. The van der Waals surface area contributed by atoms with Gasteiger partial charge >= 0.3 is 0 Å². The van der Waals surface area contributed by atoms with Crippen LogP contribution >= 0.6 is 0 Å². The lowest BCUT2D eigenvalue weighted by Gasteiger charge is -2.13. The molecule has 63 heavy (non-hydrogen) atoms. The van der Waals surface area contributed by atoms with Crippen molar-refractivity contribution in [1.29, 1.82) is 0 Å². The molecule has 12 aromatic rings. The summed E-state index contributed by atoms with van der Waals surface area (Å²) in [5, 5.41) is 8.11. The number of aromatic nitrogens is 5. The zero-order valence-electron chi connectivity index (χ0n) is 34.6. The van der Waals surface area contributed by atoms with Gasteiger partial charge < -0.3 is 0 Å². The quantitative estimate of drug-likeness (QED) is 0.151. The smallest absolute Gasteiger partial charge is 0.160 e. The van der Waals surface area contributed by atoms with Gasteiger partial charge in [-0.2, -0.15) is 0 Å². The van der Waals surface area contributed by atoms with E-state index in [0.717, 1.165) is 101 Å². The molecule has 0 radical (unpaired) electrons. The van der Waals surface area contributed by atoms with Crippen LogP contribution in [0.2, 0.25) is 0 Å². The molecule has 0 fully saturated rings. The van der Waals surface area contributed by atoms with Crippen molar-refractivity contribution in [2.24, 2.45) is 0 Å². The Hall–Kier alpha value is -8.28. The van der Waals surface area contributed by atoms with Crippen LogP contribution in [0.15, 0.2) is 206 Å². The topological polar surface area (TPSA) is 56.5 Å². The monoisotopic (exact) mass is 805 g/mol. The zero-order chi connectivity index (χ0) is 41.9. The number of hydrogen-bond donors (Lipinski definition) is 0. The lowest BCUT2D eigenvalue weighted by Crippen LogP contribution is -1.99. The number of hydrogen-bond acceptors (Lipinski definition) is 4. The molecule has 5 nitrogen and oxygen atoms in total. The molecule has 296 valence electrons. The van der Waals surface area contributed by atoms with E-state index in [4.69, 9.17) is 19.9 Å². The van der Waals surface area contributed by atoms with Crippen molar-refractivity contribution in [2.45, 2.75) is 13.3 Å². The Morgan fingerprint density at radius 2 is 0.937 bits per heavy atom. The number of nitrogens with zero attached hydrogens (tertiary/aromatic N) is 5. The molecule has 5 heteroatoms. The third-order valence-electron chi connectivity index (χ3n) is 12.3. The lowest BCUT2D eigenvalue weighted by atomic mass is 9.96. The Morgan fingerprint density at radius 3 is 1.57 bits per heavy atom. The van der Waals surface area contributed by atoms with Crippen molar-refractivity contribution in [3.8, 4) is 62.0 Å². The highest BCUT2D eigenvalue weighted by molar-refractivity contribution is 6.20. The summed E-state index contributed by atoms with van der Waals surface area (Å²) in [6.45, 7) is 2.17. The fourth-order valence-corrected chi connectivity index (χ4v) is 9.14. The summed E-state index contributed by atoms with van der Waals surface area (Å²) in [4.78, 5) is 21.0. The maximum absolute atomic E-state index is 5.33. The highest BCUT2D eigenvalue weighted by atomic mass is 15.1. The summed E-state index contributed by atoms with van der Waals surface area (Å²) in [6.07, 6.45) is 0.808. The van der Waals surface area contributed by atoms with E-state index >= 15 is 0 Å². The number of imidazole rings is 1. The van der Waals surface area contributed by atoms with E-state index in [2.05, 4.69) is 218 Å². The molecule has 0 aliphatic carbocycles. The molecule has 0 amide bonds. The SMILES string of the molecule is CCc1nc2c3c(-c4ccc(-c5ccc(-c6nc(-c7ccc8ccccc8c7)cc(-c7ccc8ccccc8c7)n6)cc5)cc4)nc4ccccc4c3ccc2n1-c1ccccc1. The predicted molar refractivity (Wildman–Crippen MR) is 261 cm³/mol. The molecule has 0 N–H and O–H groups in total. The molecule has 0 aliphatic heterocycles. The van der Waals surface area contributed by atoms with Gasteiger partial charge in [-0.3, -0.25) is 4.57 Å². The molecule has 12 rings (SSSR count). The molecule has 0 saturated carbocycles. The average molecular weight is 806 g/mol. The van der Waals surface area contributed by atoms with E-state index in [0.29, 0.717) is 5.82 Å². The zero-order valence-corrected chi connectivity index (χ0v) is 34.6. The van der Waals surface area contributed by atoms with Crippen LogP contribution in [0.25, 0.3) is 116 Å². The molecular weight excluding hydrogens is 767 g/mol. The number of benzene rings is 9. The first-order valence-electron chi connectivity index (χ1n) is 21.5. The van der Waals surface area contributed by atoms with Gasteiger partial charge in [-0.05, 0) is 80.5 Å². The molecule has 0 atom stereocenters. The lowest BCUT2D eigenvalue weighted by molar-refractivity contribution is 0.908. The first kappa shape index (κ1) is 36.6. The van der Waals surface area contributed by atoms with Crippen LogP contribution in [0.5, 0.6) is 0 Å². The highest BCUT2D eigenvalue weighted by Crippen LogP contribution is 2.39. The van der Waals surface area contributed by atoms with Gasteiger partial charge in [-0.1, -0.05) is 171 Å². The second-order valence-electron chi connectivity index (χ2n) is 16.1. The molecule has 0 saturated heterocycles. The van der Waals surface area contributed by atoms with Crippen molar-refractivity contribution in [3.63, 3.8) is 0 Å². The van der Waals surface area contributed by atoms with Crippen molar-refractivity contribution in [2.75, 3.05) is 0 Å². The Bertz CT molecular complexity index is 3600. The van der Waals surface area contributed by atoms with E-state index in [9.17, 15) is 0 Å². The van der Waals surface area contributed by atoms with E-state index in [-0.39, 0.29) is 0 Å². The average Bonchev–Trinajstić information content (AvgIpc) is 3.75. The summed E-state index contributed by atoms with van der Waals surface area (Å²) >= 11 is 0. The maximum Gasteiger partial charge on any atom is 0.160 e. The van der Waals surface area contributed by atoms with Gasteiger partial charge in [-0.25, -0.2) is 19.9 Å². The predicted octanol–water partition coefficient (Wildman–Crippen LogP) is 14.7. The number of para-hydroxylation sites is 2. The Morgan fingerprint density at radius 1 is 0.397 bits per heavy atom. The van der Waals surface area contributed by atoms with Crippen LogP contribution in [-0.2, 0) is 6.42 Å². The summed E-state index contributed by atoms with van der Waals surface area (Å²) in [5.41, 5.74) is 13.2. The van der Waals surface area contributed by atoms with Crippen LogP contribution in [-0.4, -0.2) is 24.5 Å². The second-order valence-corrected chi connectivity index (χ2v) is 16.1. The van der Waals surface area contributed by atoms with Gasteiger partial charge in [0.2, 0.25) is 0 Å². The van der Waals surface area contributed by atoms with E-state index in [1.54, 1.807) is 0 Å². The standard InChI is InChI=1S/C58H39N5/c1-2-54-62-57-53(63(54)47-16-4-3-5-17-47)33-32-49-48-18-10-11-19-50(48)59-56(55(49)57)41-26-20-39(21-27-41)40-22-28-42(29-23-40)58-60-51(45-30-24-37-12-6-8-14-43(37)34-45)36-52(61-58)46-31-25-38-13-7-9-15-44(38)35-46/h3-36H,2H2,1H3. The third kappa shape index (κ3) is 6.41. The Balaban J connectivity index is 0.933. The second kappa shape index (κ2) is 15.0. The minimum Gasteiger partial charge on any atom is -0.296 e. The highest BCUT2D eigenvalue weighted by Gasteiger charge is 2.20. The third-order valence-corrected chi connectivity index (χ3v) is 12.3. The van der Waals surface area contributed by atoms with E-state index < -0.39 is 0 Å². The van der Waals surface area contributed by atoms with Crippen LogP contribution in [0.4, 0.5) is 0 Å². The van der Waals surface area contributed by atoms with Crippen molar-refractivity contribution in [3.05, 3.63) is 212 Å². The molecule has 3 aromatic heterocycles. The molecular formula is C58H39N5. The van der Waals surface area contributed by atoms with E-state index in [1.807, 2.05) is 0 Å². The van der Waals surface area contributed by atoms with Crippen LogP contribution in [0.3, 0.4) is 0 Å². The van der Waals surface area contributed by atoms with Crippen molar-refractivity contribution >= 4 is 54.3 Å². The summed E-state index contributed by atoms with van der Waals surface area (Å²) in [5.74, 6) is 1.71. The van der Waals surface area contributed by atoms with Gasteiger partial charge in [0.1, 0.15) is 5.82 Å².